The summed E-state index contributed by atoms with van der Waals surface area (Å²) in [5.74, 6) is 1.99. The number of likely N-dealkylation sites (N-methyl/N-ethyl adjacent to an activating group) is 1. The van der Waals surface area contributed by atoms with E-state index in [1.807, 2.05) is 35.6 Å². The van der Waals surface area contributed by atoms with Crippen molar-refractivity contribution in [3.63, 3.8) is 0 Å². The van der Waals surface area contributed by atoms with Crippen LogP contribution in [0.15, 0.2) is 22.8 Å². The Morgan fingerprint density at radius 2 is 2.24 bits per heavy atom. The summed E-state index contributed by atoms with van der Waals surface area (Å²) in [6.45, 7) is 8.22. The molecule has 0 bridgehead atoms. The van der Waals surface area contributed by atoms with E-state index in [1.54, 1.807) is 10.9 Å². The maximum Gasteiger partial charge on any atom is 0.234 e. The lowest BCUT2D eigenvalue weighted by atomic mass is 10.2. The molecule has 138 valence electrons. The fourth-order valence-corrected chi connectivity index (χ4v) is 2.78. The lowest BCUT2D eigenvalue weighted by molar-refractivity contribution is -0.122. The molecular formula is C17H27N5O2S. The lowest BCUT2D eigenvalue weighted by Gasteiger charge is -2.15. The zero-order valence-electron chi connectivity index (χ0n) is 15.4. The van der Waals surface area contributed by atoms with Crippen molar-refractivity contribution in [2.24, 2.45) is 0 Å². The highest BCUT2D eigenvalue weighted by atomic mass is 32.1. The average molecular weight is 366 g/mol. The Balaban J connectivity index is 2.13. The molecule has 0 fully saturated rings. The molecule has 0 spiro atoms. The molecular weight excluding hydrogens is 338 g/mol. The predicted octanol–water partition coefficient (Wildman–Crippen LogP) is 2.59. The minimum atomic E-state index is 0.00923. The number of aromatic nitrogens is 3. The van der Waals surface area contributed by atoms with E-state index >= 15 is 0 Å². The Kier molecular flexibility index (Phi) is 6.95. The number of furan rings is 1. The summed E-state index contributed by atoms with van der Waals surface area (Å²) in [6.07, 6.45) is 2.58. The Morgan fingerprint density at radius 3 is 2.84 bits per heavy atom. The third-order valence-corrected chi connectivity index (χ3v) is 4.15. The minimum Gasteiger partial charge on any atom is -0.467 e. The third-order valence-electron chi connectivity index (χ3n) is 3.72. The number of nitrogens with one attached hydrogen (secondary N) is 1. The van der Waals surface area contributed by atoms with Crippen molar-refractivity contribution in [2.45, 2.75) is 46.3 Å². The van der Waals surface area contributed by atoms with E-state index in [2.05, 4.69) is 24.3 Å². The van der Waals surface area contributed by atoms with Crippen molar-refractivity contribution in [1.29, 1.82) is 0 Å². The van der Waals surface area contributed by atoms with Gasteiger partial charge in [0.05, 0.1) is 26.0 Å². The summed E-state index contributed by atoms with van der Waals surface area (Å²) in [6, 6.07) is 3.79. The van der Waals surface area contributed by atoms with Crippen LogP contribution >= 0.6 is 12.2 Å². The van der Waals surface area contributed by atoms with Crippen LogP contribution in [0, 0.1) is 4.77 Å². The van der Waals surface area contributed by atoms with Crippen molar-refractivity contribution >= 4 is 18.1 Å². The van der Waals surface area contributed by atoms with Crippen LogP contribution in [0.5, 0.6) is 0 Å². The van der Waals surface area contributed by atoms with Gasteiger partial charge in [-0.2, -0.15) is 5.10 Å². The quantitative estimate of drug-likeness (QED) is 0.692. The van der Waals surface area contributed by atoms with Gasteiger partial charge in [-0.15, -0.1) is 0 Å². The number of carbonyl (C=O) groups is 1. The summed E-state index contributed by atoms with van der Waals surface area (Å²) in [5, 5.41) is 7.53. The van der Waals surface area contributed by atoms with Crippen LogP contribution in [0.1, 0.15) is 44.7 Å². The number of rotatable bonds is 9. The molecule has 7 nitrogen and oxygen atoms in total. The van der Waals surface area contributed by atoms with Crippen LogP contribution in [0.4, 0.5) is 0 Å². The Labute approximate surface area is 153 Å². The van der Waals surface area contributed by atoms with Crippen LogP contribution in [-0.4, -0.2) is 45.3 Å². The van der Waals surface area contributed by atoms with Crippen molar-refractivity contribution in [3.05, 3.63) is 34.8 Å². The third kappa shape index (κ3) is 5.27. The summed E-state index contributed by atoms with van der Waals surface area (Å²) in [4.78, 5) is 13.8. The topological polar surface area (TPSA) is 68.2 Å². The summed E-state index contributed by atoms with van der Waals surface area (Å²) >= 11 is 5.60. The molecule has 2 aromatic rings. The normalized spacial score (nSPS) is 11.4. The smallest absolute Gasteiger partial charge is 0.234 e. The molecule has 2 aromatic heterocycles. The van der Waals surface area contributed by atoms with Crippen LogP contribution in [-0.2, 0) is 18.0 Å². The number of hydrogen-bond acceptors (Lipinski definition) is 5. The molecule has 0 saturated heterocycles. The first-order valence-electron chi connectivity index (χ1n) is 8.57. The Morgan fingerprint density at radius 1 is 1.48 bits per heavy atom. The van der Waals surface area contributed by atoms with Gasteiger partial charge in [0, 0.05) is 12.5 Å². The molecule has 1 amide bonds. The van der Waals surface area contributed by atoms with Gasteiger partial charge in [-0.25, -0.2) is 4.68 Å². The first kappa shape index (κ1) is 19.4. The first-order chi connectivity index (χ1) is 11.9. The highest BCUT2D eigenvalue weighted by Gasteiger charge is 2.16. The first-order valence-corrected chi connectivity index (χ1v) is 8.98. The number of hydrogen-bond donors (Lipinski definition) is 1. The van der Waals surface area contributed by atoms with E-state index < -0.39 is 0 Å². The fraction of sp³-hybridized carbons (Fsp3) is 0.588. The monoisotopic (exact) mass is 365 g/mol. The van der Waals surface area contributed by atoms with Crippen LogP contribution in [0.3, 0.4) is 0 Å². The van der Waals surface area contributed by atoms with Crippen LogP contribution < -0.4 is 5.32 Å². The highest BCUT2D eigenvalue weighted by molar-refractivity contribution is 7.71. The minimum absolute atomic E-state index is 0.00923. The van der Waals surface area contributed by atoms with E-state index in [-0.39, 0.29) is 11.8 Å². The SMILES string of the molecule is CCCNC(=O)CN(C)Cn1nc(C(C)C)n(Cc2ccco2)c1=S. The number of amides is 1. The lowest BCUT2D eigenvalue weighted by Crippen LogP contribution is -2.36. The maximum absolute atomic E-state index is 11.9. The summed E-state index contributed by atoms with van der Waals surface area (Å²) < 4.78 is 9.82. The van der Waals surface area contributed by atoms with Crippen molar-refractivity contribution in [1.82, 2.24) is 24.6 Å². The second-order valence-corrected chi connectivity index (χ2v) is 6.83. The Hall–Kier alpha value is -1.93. The second kappa shape index (κ2) is 8.96. The van der Waals surface area contributed by atoms with E-state index in [0.717, 1.165) is 18.0 Å². The van der Waals surface area contributed by atoms with Gasteiger partial charge in [0.25, 0.3) is 0 Å². The van der Waals surface area contributed by atoms with Gasteiger partial charge in [0.1, 0.15) is 11.6 Å². The van der Waals surface area contributed by atoms with Gasteiger partial charge < -0.3 is 9.73 Å². The van der Waals surface area contributed by atoms with Crippen molar-refractivity contribution < 1.29 is 9.21 Å². The van der Waals surface area contributed by atoms with Gasteiger partial charge in [0.2, 0.25) is 5.91 Å². The molecule has 8 heteroatoms. The second-order valence-electron chi connectivity index (χ2n) is 6.47. The molecule has 0 aromatic carbocycles. The zero-order chi connectivity index (χ0) is 18.4. The molecule has 0 aliphatic carbocycles. The van der Waals surface area contributed by atoms with Gasteiger partial charge in [-0.1, -0.05) is 20.8 Å². The standard InChI is InChI=1S/C17H27N5O2S/c1-5-8-18-15(23)11-20(4)12-22-17(25)21(16(19-22)13(2)3)10-14-7-6-9-24-14/h6-7,9,13H,5,8,10-12H2,1-4H3,(H,18,23). The number of carbonyl (C=O) groups excluding carboxylic acids is 1. The van der Waals surface area contributed by atoms with Crippen molar-refractivity contribution in [2.75, 3.05) is 20.1 Å². The van der Waals surface area contributed by atoms with Crippen molar-refractivity contribution in [3.8, 4) is 0 Å². The van der Waals surface area contributed by atoms with Crippen LogP contribution in [0.2, 0.25) is 0 Å². The predicted molar refractivity (Wildman–Crippen MR) is 98.9 cm³/mol. The molecule has 0 aliphatic rings. The van der Waals surface area contributed by atoms with E-state index in [1.165, 1.54) is 0 Å². The molecule has 0 unspecified atom stereocenters. The van der Waals surface area contributed by atoms with Gasteiger partial charge in [-0.3, -0.25) is 14.3 Å². The largest absolute Gasteiger partial charge is 0.467 e. The van der Waals surface area contributed by atoms with Gasteiger partial charge in [-0.05, 0) is 37.8 Å². The molecule has 0 radical (unpaired) electrons. The maximum atomic E-state index is 11.9. The van der Waals surface area contributed by atoms with Gasteiger partial charge >= 0.3 is 0 Å². The zero-order valence-corrected chi connectivity index (χ0v) is 16.2. The molecule has 2 rings (SSSR count). The van der Waals surface area contributed by atoms with E-state index in [9.17, 15) is 4.79 Å². The average Bonchev–Trinajstić information content (AvgIpc) is 3.16. The summed E-state index contributed by atoms with van der Waals surface area (Å²) in [5.41, 5.74) is 0. The molecule has 1 N–H and O–H groups in total. The fourth-order valence-electron chi connectivity index (χ4n) is 2.53. The molecule has 0 atom stereocenters. The highest BCUT2D eigenvalue weighted by Crippen LogP contribution is 2.16. The molecule has 0 saturated carbocycles. The van der Waals surface area contributed by atoms with E-state index in [0.29, 0.717) is 31.1 Å². The number of nitrogens with zero attached hydrogens (tertiary/aromatic N) is 4. The van der Waals surface area contributed by atoms with Crippen LogP contribution in [0.25, 0.3) is 0 Å². The van der Waals surface area contributed by atoms with E-state index in [4.69, 9.17) is 16.6 Å². The summed E-state index contributed by atoms with van der Waals surface area (Å²) in [7, 11) is 1.88. The Bertz CT molecular complexity index is 733. The molecule has 0 aliphatic heterocycles. The van der Waals surface area contributed by atoms with Gasteiger partial charge in [0.15, 0.2) is 4.77 Å². The molecule has 2 heterocycles. The molecule has 25 heavy (non-hydrogen) atoms.